The molecule has 0 saturated heterocycles. The topological polar surface area (TPSA) is 87.6 Å². The Balaban J connectivity index is 1.74. The second-order valence-electron chi connectivity index (χ2n) is 8.47. The van der Waals surface area contributed by atoms with E-state index in [9.17, 15) is 14.4 Å². The first-order chi connectivity index (χ1) is 17.2. The van der Waals surface area contributed by atoms with E-state index < -0.39 is 12.0 Å². The molecule has 0 amide bonds. The first-order valence-corrected chi connectivity index (χ1v) is 12.5. The molecule has 184 valence electrons. The number of imidazole rings is 1. The monoisotopic (exact) mass is 522 g/mol. The van der Waals surface area contributed by atoms with Crippen LogP contribution >= 0.6 is 22.9 Å². The standard InChI is InChI=1S/C26H23ClN4O4S/c1-5-35-24(33)21-14(2)28-25-31(22(21)16-8-6-7-9-17(16)27)23(32)20(36-25)13-15-10-11-18-19(12-15)30(4)26(34)29(18)3/h6-13,22H,5H2,1-4H3/b20-13-/t22-/m1/s1. The van der Waals surface area contributed by atoms with Crippen molar-refractivity contribution in [1.82, 2.24) is 13.7 Å². The van der Waals surface area contributed by atoms with Gasteiger partial charge >= 0.3 is 11.7 Å². The van der Waals surface area contributed by atoms with E-state index in [2.05, 4.69) is 4.99 Å². The highest BCUT2D eigenvalue weighted by Gasteiger charge is 2.34. The molecule has 8 nitrogen and oxygen atoms in total. The fourth-order valence-electron chi connectivity index (χ4n) is 4.55. The molecule has 0 aliphatic carbocycles. The highest BCUT2D eigenvalue weighted by Crippen LogP contribution is 2.34. The van der Waals surface area contributed by atoms with Crippen LogP contribution in [0.1, 0.15) is 31.0 Å². The van der Waals surface area contributed by atoms with E-state index in [-0.39, 0.29) is 23.4 Å². The van der Waals surface area contributed by atoms with Crippen LogP contribution in [-0.2, 0) is 23.6 Å². The number of aromatic nitrogens is 3. The summed E-state index contributed by atoms with van der Waals surface area (Å²) in [4.78, 5) is 44.1. The quantitative estimate of drug-likeness (QED) is 0.385. The molecule has 0 unspecified atom stereocenters. The molecular formula is C26H23ClN4O4S. The highest BCUT2D eigenvalue weighted by atomic mass is 35.5. The van der Waals surface area contributed by atoms with Crippen molar-refractivity contribution in [3.8, 4) is 0 Å². The number of ether oxygens (including phenoxy) is 1. The Hall–Kier alpha value is -3.69. The molecule has 2 aromatic carbocycles. The van der Waals surface area contributed by atoms with Crippen molar-refractivity contribution in [1.29, 1.82) is 0 Å². The zero-order valence-electron chi connectivity index (χ0n) is 20.1. The lowest BCUT2D eigenvalue weighted by molar-refractivity contribution is -0.139. The molecule has 36 heavy (non-hydrogen) atoms. The zero-order valence-corrected chi connectivity index (χ0v) is 21.7. The normalized spacial score (nSPS) is 15.8. The maximum Gasteiger partial charge on any atom is 0.338 e. The van der Waals surface area contributed by atoms with Crippen molar-refractivity contribution in [2.45, 2.75) is 19.9 Å². The van der Waals surface area contributed by atoms with Crippen LogP contribution in [0.5, 0.6) is 0 Å². The van der Waals surface area contributed by atoms with Crippen molar-refractivity contribution >= 4 is 46.0 Å². The summed E-state index contributed by atoms with van der Waals surface area (Å²) in [7, 11) is 3.44. The van der Waals surface area contributed by atoms with Gasteiger partial charge in [-0.05, 0) is 49.2 Å². The number of nitrogens with zero attached hydrogens (tertiary/aromatic N) is 4. The van der Waals surface area contributed by atoms with Gasteiger partial charge in [0.25, 0.3) is 5.56 Å². The molecule has 0 N–H and O–H groups in total. The van der Waals surface area contributed by atoms with E-state index >= 15 is 0 Å². The van der Waals surface area contributed by atoms with E-state index in [1.165, 1.54) is 15.9 Å². The Morgan fingerprint density at radius 1 is 1.14 bits per heavy atom. The fourth-order valence-corrected chi connectivity index (χ4v) is 5.83. The minimum absolute atomic E-state index is 0.122. The zero-order chi connectivity index (χ0) is 25.7. The molecule has 2 aromatic heterocycles. The Kier molecular flexibility index (Phi) is 6.05. The van der Waals surface area contributed by atoms with Crippen LogP contribution in [0.4, 0.5) is 0 Å². The van der Waals surface area contributed by atoms with Gasteiger partial charge in [-0.25, -0.2) is 14.6 Å². The van der Waals surface area contributed by atoms with Crippen LogP contribution in [0.2, 0.25) is 5.02 Å². The largest absolute Gasteiger partial charge is 0.463 e. The third kappa shape index (κ3) is 3.75. The third-order valence-electron chi connectivity index (χ3n) is 6.31. The fraction of sp³-hybridized carbons (Fsp3) is 0.231. The number of carbonyl (C=O) groups excluding carboxylic acids is 1. The molecular weight excluding hydrogens is 500 g/mol. The lowest BCUT2D eigenvalue weighted by Gasteiger charge is -2.25. The van der Waals surface area contributed by atoms with Crippen molar-refractivity contribution in [3.05, 3.63) is 100 Å². The number of aryl methyl sites for hydroxylation is 2. The number of rotatable bonds is 4. The molecule has 1 atom stereocenters. The number of carbonyl (C=O) groups is 1. The van der Waals surface area contributed by atoms with Crippen molar-refractivity contribution in [3.63, 3.8) is 0 Å². The highest BCUT2D eigenvalue weighted by molar-refractivity contribution is 7.07. The van der Waals surface area contributed by atoms with Crippen molar-refractivity contribution in [2.75, 3.05) is 6.61 Å². The molecule has 0 spiro atoms. The van der Waals surface area contributed by atoms with Gasteiger partial charge in [0.05, 0.1) is 33.4 Å². The molecule has 1 aliphatic rings. The number of thiazole rings is 1. The molecule has 5 rings (SSSR count). The van der Waals surface area contributed by atoms with Crippen LogP contribution in [-0.4, -0.2) is 26.3 Å². The van der Waals surface area contributed by atoms with Gasteiger partial charge in [-0.15, -0.1) is 0 Å². The minimum atomic E-state index is -0.770. The summed E-state index contributed by atoms with van der Waals surface area (Å²) < 4.78 is 10.4. The van der Waals surface area contributed by atoms with Crippen LogP contribution in [0.3, 0.4) is 0 Å². The SMILES string of the molecule is CCOC(=O)C1=C(C)N=c2s/c(=C\c3ccc4c(c3)n(C)c(=O)n4C)c(=O)n2[C@@H]1c1ccccc1Cl. The smallest absolute Gasteiger partial charge is 0.338 e. The van der Waals surface area contributed by atoms with E-state index in [0.717, 1.165) is 16.6 Å². The first-order valence-electron chi connectivity index (χ1n) is 11.3. The van der Waals surface area contributed by atoms with Gasteiger partial charge < -0.3 is 4.74 Å². The van der Waals surface area contributed by atoms with Crippen molar-refractivity contribution in [2.24, 2.45) is 19.1 Å². The average molecular weight is 523 g/mol. The average Bonchev–Trinajstić information content (AvgIpc) is 3.26. The molecule has 3 heterocycles. The maximum absolute atomic E-state index is 13.7. The van der Waals surface area contributed by atoms with Crippen LogP contribution in [0.15, 0.2) is 68.3 Å². The molecule has 0 radical (unpaired) electrons. The lowest BCUT2D eigenvalue weighted by atomic mass is 9.96. The van der Waals surface area contributed by atoms with E-state index in [4.69, 9.17) is 16.3 Å². The lowest BCUT2D eigenvalue weighted by Crippen LogP contribution is -2.40. The number of allylic oxidation sites excluding steroid dienone is 1. The number of hydrogen-bond donors (Lipinski definition) is 0. The summed E-state index contributed by atoms with van der Waals surface area (Å²) >= 11 is 7.77. The molecule has 0 saturated carbocycles. The van der Waals surface area contributed by atoms with Gasteiger partial charge in [0.2, 0.25) is 0 Å². The molecule has 0 fully saturated rings. The van der Waals surface area contributed by atoms with E-state index in [1.54, 1.807) is 61.4 Å². The summed E-state index contributed by atoms with van der Waals surface area (Å²) in [6, 6.07) is 12.0. The molecule has 10 heteroatoms. The number of halogens is 1. The Morgan fingerprint density at radius 2 is 1.86 bits per heavy atom. The van der Waals surface area contributed by atoms with Gasteiger partial charge in [0, 0.05) is 19.1 Å². The number of fused-ring (bicyclic) bond motifs is 2. The summed E-state index contributed by atoms with van der Waals surface area (Å²) in [6.07, 6.45) is 1.77. The van der Waals surface area contributed by atoms with Gasteiger partial charge in [-0.1, -0.05) is 47.2 Å². The summed E-state index contributed by atoms with van der Waals surface area (Å²) in [6.45, 7) is 3.66. The maximum atomic E-state index is 13.7. The predicted octanol–water partition coefficient (Wildman–Crippen LogP) is 2.64. The number of esters is 1. The van der Waals surface area contributed by atoms with Crippen LogP contribution < -0.4 is 20.6 Å². The first kappa shape index (κ1) is 24.0. The minimum Gasteiger partial charge on any atom is -0.463 e. The number of hydrogen-bond acceptors (Lipinski definition) is 6. The summed E-state index contributed by atoms with van der Waals surface area (Å²) in [5, 5.41) is 0.434. The number of benzene rings is 2. The third-order valence-corrected chi connectivity index (χ3v) is 7.64. The Labute approximate surface area is 214 Å². The summed E-state index contributed by atoms with van der Waals surface area (Å²) in [5.74, 6) is -0.534. The van der Waals surface area contributed by atoms with Crippen LogP contribution in [0.25, 0.3) is 17.1 Å². The van der Waals surface area contributed by atoms with Crippen LogP contribution in [0, 0.1) is 0 Å². The van der Waals surface area contributed by atoms with Gasteiger partial charge in [-0.2, -0.15) is 0 Å². The second kappa shape index (κ2) is 9.07. The van der Waals surface area contributed by atoms with E-state index in [1.807, 2.05) is 24.3 Å². The molecule has 4 aromatic rings. The molecule has 0 bridgehead atoms. The Bertz CT molecular complexity index is 1820. The van der Waals surface area contributed by atoms with Gasteiger partial charge in [-0.3, -0.25) is 18.5 Å². The van der Waals surface area contributed by atoms with Crippen molar-refractivity contribution < 1.29 is 9.53 Å². The van der Waals surface area contributed by atoms with Gasteiger partial charge in [0.15, 0.2) is 4.80 Å². The van der Waals surface area contributed by atoms with E-state index in [0.29, 0.717) is 25.6 Å². The van der Waals surface area contributed by atoms with Gasteiger partial charge in [0.1, 0.15) is 6.04 Å². The molecule has 1 aliphatic heterocycles. The predicted molar refractivity (Wildman–Crippen MR) is 140 cm³/mol. The Morgan fingerprint density at radius 3 is 2.58 bits per heavy atom. The second-order valence-corrected chi connectivity index (χ2v) is 9.89. The summed E-state index contributed by atoms with van der Waals surface area (Å²) in [5.41, 5.74) is 3.29.